The molecule has 7 nitrogen and oxygen atoms in total. The number of hydrogen-bond acceptors (Lipinski definition) is 2. The van der Waals surface area contributed by atoms with Gasteiger partial charge in [0.05, 0.1) is 0 Å². The Balaban J connectivity index is 2.21. The first kappa shape index (κ1) is 16.8. The molecular weight excluding hydrogens is 270 g/mol. The van der Waals surface area contributed by atoms with Crippen LogP contribution in [0.1, 0.15) is 12.5 Å². The van der Waals surface area contributed by atoms with Crippen LogP contribution < -0.4 is 27.4 Å². The molecule has 4 amide bonds. The van der Waals surface area contributed by atoms with Crippen LogP contribution in [-0.4, -0.2) is 37.2 Å². The number of primary amides is 1. The van der Waals surface area contributed by atoms with Crippen molar-refractivity contribution >= 4 is 12.1 Å². The van der Waals surface area contributed by atoms with Gasteiger partial charge in [0.25, 0.3) is 0 Å². The van der Waals surface area contributed by atoms with Gasteiger partial charge in [-0.3, -0.25) is 5.73 Å². The van der Waals surface area contributed by atoms with Crippen molar-refractivity contribution in [2.24, 2.45) is 5.73 Å². The van der Waals surface area contributed by atoms with Crippen LogP contribution in [0.3, 0.4) is 0 Å². The smallest absolute Gasteiger partial charge is 0.315 e. The zero-order valence-corrected chi connectivity index (χ0v) is 12.1. The molecule has 21 heavy (non-hydrogen) atoms. The molecule has 0 aromatic heterocycles. The number of nitrogens with one attached hydrogen (secondary N) is 4. The van der Waals surface area contributed by atoms with Crippen LogP contribution in [0.15, 0.2) is 30.3 Å². The van der Waals surface area contributed by atoms with E-state index in [1.165, 1.54) is 0 Å². The number of carbonyl (C=O) groups is 2. The zero-order chi connectivity index (χ0) is 15.7. The fraction of sp³-hybridized carbons (Fsp3) is 0.429. The second-order valence-electron chi connectivity index (χ2n) is 4.89. The molecule has 0 unspecified atom stereocenters. The average Bonchev–Trinajstić information content (AvgIpc) is 2.44. The van der Waals surface area contributed by atoms with Crippen molar-refractivity contribution in [3.63, 3.8) is 0 Å². The first-order valence-electron chi connectivity index (χ1n) is 6.80. The molecule has 115 valence electrons. The van der Waals surface area contributed by atoms with E-state index in [0.717, 1.165) is 5.56 Å². The lowest BCUT2D eigenvalue weighted by Crippen LogP contribution is -2.48. The van der Waals surface area contributed by atoms with Crippen molar-refractivity contribution in [3.05, 3.63) is 35.9 Å². The van der Waals surface area contributed by atoms with Gasteiger partial charge < -0.3 is 21.7 Å². The number of benzene rings is 1. The van der Waals surface area contributed by atoms with Gasteiger partial charge in [0, 0.05) is 25.2 Å². The van der Waals surface area contributed by atoms with Gasteiger partial charge in [0.2, 0.25) is 0 Å². The Hall–Kier alpha value is -2.28. The highest BCUT2D eigenvalue weighted by Gasteiger charge is 2.10. The summed E-state index contributed by atoms with van der Waals surface area (Å²) < 4.78 is 0. The van der Waals surface area contributed by atoms with E-state index >= 15 is 0 Å². The molecule has 0 aliphatic carbocycles. The Morgan fingerprint density at radius 3 is 2.48 bits per heavy atom. The van der Waals surface area contributed by atoms with E-state index in [9.17, 15) is 9.59 Å². The van der Waals surface area contributed by atoms with E-state index in [2.05, 4.69) is 16.0 Å². The van der Waals surface area contributed by atoms with E-state index in [4.69, 9.17) is 11.5 Å². The van der Waals surface area contributed by atoms with E-state index in [1.54, 1.807) is 6.92 Å². The molecule has 0 bridgehead atoms. The molecular formula is C14H22N5O2. The number of nitrogens with two attached hydrogens (primary N) is 1. The summed E-state index contributed by atoms with van der Waals surface area (Å²) in [6.45, 7) is 2.27. The molecule has 0 aliphatic heterocycles. The van der Waals surface area contributed by atoms with Crippen LogP contribution in [0, 0.1) is 0 Å². The summed E-state index contributed by atoms with van der Waals surface area (Å²) in [5.41, 5.74) is 13.9. The van der Waals surface area contributed by atoms with Gasteiger partial charge in [0.15, 0.2) is 0 Å². The molecule has 0 saturated carbocycles. The van der Waals surface area contributed by atoms with E-state index < -0.39 is 12.1 Å². The maximum absolute atomic E-state index is 11.6. The Bertz CT molecular complexity index is 452. The molecule has 7 heteroatoms. The average molecular weight is 292 g/mol. The molecule has 1 aromatic rings. The van der Waals surface area contributed by atoms with Gasteiger partial charge >= 0.3 is 12.1 Å². The summed E-state index contributed by atoms with van der Waals surface area (Å²) >= 11 is 0. The fourth-order valence-corrected chi connectivity index (χ4v) is 1.77. The molecule has 1 rings (SSSR count). The minimum Gasteiger partial charge on any atom is -0.352 e. The van der Waals surface area contributed by atoms with Crippen LogP contribution in [0.2, 0.25) is 0 Å². The molecule has 2 atom stereocenters. The Labute approximate surface area is 124 Å². The third-order valence-corrected chi connectivity index (χ3v) is 2.79. The monoisotopic (exact) mass is 292 g/mol. The topological polar surface area (TPSA) is 120 Å². The Kier molecular flexibility index (Phi) is 7.03. The van der Waals surface area contributed by atoms with Gasteiger partial charge in [-0.1, -0.05) is 30.3 Å². The molecule has 0 saturated heterocycles. The lowest BCUT2D eigenvalue weighted by Gasteiger charge is -2.16. The largest absolute Gasteiger partial charge is 0.352 e. The quantitative estimate of drug-likeness (QED) is 0.575. The first-order chi connectivity index (χ1) is 9.97. The van der Waals surface area contributed by atoms with Crippen LogP contribution in [0.25, 0.3) is 0 Å². The minimum atomic E-state index is -0.627. The number of rotatable bonds is 7. The Morgan fingerprint density at radius 2 is 1.86 bits per heavy atom. The lowest BCUT2D eigenvalue weighted by atomic mass is 10.1. The summed E-state index contributed by atoms with van der Waals surface area (Å²) in [7, 11) is 0. The summed E-state index contributed by atoms with van der Waals surface area (Å²) in [4.78, 5) is 22.1. The van der Waals surface area contributed by atoms with Crippen molar-refractivity contribution in [2.45, 2.75) is 25.4 Å². The van der Waals surface area contributed by atoms with Crippen LogP contribution in [0.5, 0.6) is 0 Å². The van der Waals surface area contributed by atoms with Gasteiger partial charge in [-0.15, -0.1) is 0 Å². The first-order valence-corrected chi connectivity index (χ1v) is 6.80. The van der Waals surface area contributed by atoms with Crippen molar-refractivity contribution in [1.29, 1.82) is 0 Å². The van der Waals surface area contributed by atoms with E-state index in [-0.39, 0.29) is 25.2 Å². The molecule has 1 radical (unpaired) electrons. The van der Waals surface area contributed by atoms with Crippen LogP contribution >= 0.6 is 0 Å². The highest BCUT2D eigenvalue weighted by molar-refractivity contribution is 5.74. The van der Waals surface area contributed by atoms with Crippen molar-refractivity contribution in [2.75, 3.05) is 13.1 Å². The van der Waals surface area contributed by atoms with Crippen LogP contribution in [0.4, 0.5) is 9.59 Å². The third kappa shape index (κ3) is 7.78. The maximum atomic E-state index is 11.6. The fourth-order valence-electron chi connectivity index (χ4n) is 1.77. The SMILES string of the molecule is C[C@@H](CNC(N)=O)NC(=O)NC[C@@H]([NH])Cc1ccccc1. The molecule has 0 spiro atoms. The highest BCUT2D eigenvalue weighted by atomic mass is 16.2. The predicted octanol–water partition coefficient (Wildman–Crippen LogP) is 0.237. The lowest BCUT2D eigenvalue weighted by molar-refractivity contribution is 0.234. The summed E-state index contributed by atoms with van der Waals surface area (Å²) in [5.74, 6) is 0. The number of carbonyl (C=O) groups excluding carboxylic acids is 2. The standard InChI is InChI=1S/C14H22N5O2/c1-10(8-17-13(16)20)19-14(21)18-9-12(15)7-11-5-3-2-4-6-11/h2-6,10,12,15H,7-9H2,1H3,(H3,16,17,20)(H2,18,19,21)/t10-,12-/m0/s1. The van der Waals surface area contributed by atoms with Crippen molar-refractivity contribution in [1.82, 2.24) is 21.7 Å². The molecule has 0 heterocycles. The minimum absolute atomic E-state index is 0.240. The second-order valence-corrected chi connectivity index (χ2v) is 4.89. The number of urea groups is 2. The van der Waals surface area contributed by atoms with Gasteiger partial charge in [-0.05, 0) is 18.9 Å². The van der Waals surface area contributed by atoms with Crippen molar-refractivity contribution in [3.8, 4) is 0 Å². The van der Waals surface area contributed by atoms with Crippen molar-refractivity contribution < 1.29 is 9.59 Å². The zero-order valence-electron chi connectivity index (χ0n) is 12.1. The highest BCUT2D eigenvalue weighted by Crippen LogP contribution is 2.01. The summed E-state index contributed by atoms with van der Waals surface area (Å²) in [5, 5.41) is 7.70. The van der Waals surface area contributed by atoms with Crippen LogP contribution in [-0.2, 0) is 6.42 Å². The van der Waals surface area contributed by atoms with Gasteiger partial charge in [-0.25, -0.2) is 9.59 Å². The van der Waals surface area contributed by atoms with Gasteiger partial charge in [-0.2, -0.15) is 0 Å². The molecule has 6 N–H and O–H groups in total. The van der Waals surface area contributed by atoms with Gasteiger partial charge in [0.1, 0.15) is 0 Å². The summed E-state index contributed by atoms with van der Waals surface area (Å²) in [6.07, 6.45) is 0.583. The predicted molar refractivity (Wildman–Crippen MR) is 80.6 cm³/mol. The summed E-state index contributed by atoms with van der Waals surface area (Å²) in [6, 6.07) is 8.06. The number of amides is 4. The molecule has 0 fully saturated rings. The number of hydrogen-bond donors (Lipinski definition) is 4. The molecule has 1 aromatic carbocycles. The van der Waals surface area contributed by atoms with E-state index in [0.29, 0.717) is 6.42 Å². The normalized spacial score (nSPS) is 13.0. The Morgan fingerprint density at radius 1 is 1.19 bits per heavy atom. The maximum Gasteiger partial charge on any atom is 0.315 e. The third-order valence-electron chi connectivity index (χ3n) is 2.79. The van der Waals surface area contributed by atoms with E-state index in [1.807, 2.05) is 30.3 Å². The molecule has 0 aliphatic rings. The second kappa shape index (κ2) is 8.80.